The first-order valence-electron chi connectivity index (χ1n) is 7.13. The van der Waals surface area contributed by atoms with Crippen molar-refractivity contribution in [2.24, 2.45) is 5.92 Å². The van der Waals surface area contributed by atoms with Crippen molar-refractivity contribution >= 4 is 0 Å². The Balaban J connectivity index is 1.67. The quantitative estimate of drug-likeness (QED) is 0.762. The van der Waals surface area contributed by atoms with Gasteiger partial charge in [-0.15, -0.1) is 0 Å². The van der Waals surface area contributed by atoms with Gasteiger partial charge in [0.25, 0.3) is 0 Å². The molecule has 2 rings (SSSR count). The predicted molar refractivity (Wildman–Crippen MR) is 75.7 cm³/mol. The van der Waals surface area contributed by atoms with Gasteiger partial charge in [-0.3, -0.25) is 0 Å². The second-order valence-corrected chi connectivity index (χ2v) is 5.63. The third kappa shape index (κ3) is 5.19. The lowest BCUT2D eigenvalue weighted by atomic mass is 10.1. The van der Waals surface area contributed by atoms with Crippen molar-refractivity contribution in [3.05, 3.63) is 35.4 Å². The highest BCUT2D eigenvalue weighted by atomic mass is 16.5. The van der Waals surface area contributed by atoms with Gasteiger partial charge in [0.15, 0.2) is 0 Å². The van der Waals surface area contributed by atoms with Crippen LogP contribution in [0, 0.1) is 5.92 Å². The maximum atomic E-state index is 5.68. The van der Waals surface area contributed by atoms with Crippen LogP contribution in [0.25, 0.3) is 0 Å². The topological polar surface area (TPSA) is 21.3 Å². The lowest BCUT2D eigenvalue weighted by molar-refractivity contribution is 0.111. The zero-order valence-electron chi connectivity index (χ0n) is 11.6. The molecule has 1 saturated carbocycles. The van der Waals surface area contributed by atoms with Crippen LogP contribution in [0.1, 0.15) is 37.8 Å². The summed E-state index contributed by atoms with van der Waals surface area (Å²) in [6.45, 7) is 7.12. The van der Waals surface area contributed by atoms with Crippen molar-refractivity contribution in [1.82, 2.24) is 5.32 Å². The first-order valence-corrected chi connectivity index (χ1v) is 7.13. The number of nitrogens with one attached hydrogen (secondary N) is 1. The summed E-state index contributed by atoms with van der Waals surface area (Å²) in [7, 11) is 0. The van der Waals surface area contributed by atoms with Gasteiger partial charge < -0.3 is 10.1 Å². The Labute approximate surface area is 111 Å². The Morgan fingerprint density at radius 3 is 2.44 bits per heavy atom. The van der Waals surface area contributed by atoms with Crippen LogP contribution in [0.5, 0.6) is 0 Å². The smallest absolute Gasteiger partial charge is 0.0717 e. The minimum atomic E-state index is 0.570. The molecule has 1 aromatic carbocycles. The fourth-order valence-electron chi connectivity index (χ4n) is 1.94. The highest BCUT2D eigenvalue weighted by molar-refractivity contribution is 5.22. The Kier molecular flexibility index (Phi) is 5.21. The van der Waals surface area contributed by atoms with Gasteiger partial charge in [-0.1, -0.05) is 38.1 Å². The second-order valence-electron chi connectivity index (χ2n) is 5.63. The van der Waals surface area contributed by atoms with Crippen molar-refractivity contribution in [3.8, 4) is 0 Å². The van der Waals surface area contributed by atoms with Crippen molar-refractivity contribution in [2.75, 3.05) is 13.2 Å². The van der Waals surface area contributed by atoms with E-state index in [2.05, 4.69) is 43.4 Å². The number of rotatable bonds is 8. The second kappa shape index (κ2) is 6.91. The van der Waals surface area contributed by atoms with Gasteiger partial charge in [0.05, 0.1) is 6.61 Å². The van der Waals surface area contributed by atoms with E-state index in [1.54, 1.807) is 0 Å². The van der Waals surface area contributed by atoms with Crippen LogP contribution < -0.4 is 5.32 Å². The highest BCUT2D eigenvalue weighted by Gasteiger charge is 2.20. The molecule has 1 aliphatic rings. The number of ether oxygens (including phenoxy) is 1. The highest BCUT2D eigenvalue weighted by Crippen LogP contribution is 2.29. The molecule has 0 radical (unpaired) electrons. The maximum absolute atomic E-state index is 5.68. The number of benzene rings is 1. The molecule has 0 bridgehead atoms. The maximum Gasteiger partial charge on any atom is 0.0717 e. The molecule has 0 aliphatic heterocycles. The van der Waals surface area contributed by atoms with E-state index in [1.165, 1.54) is 24.0 Å². The first-order chi connectivity index (χ1) is 8.74. The van der Waals surface area contributed by atoms with Crippen LogP contribution in [0.2, 0.25) is 0 Å². The van der Waals surface area contributed by atoms with Gasteiger partial charge in [-0.2, -0.15) is 0 Å². The fraction of sp³-hybridized carbons (Fsp3) is 0.625. The molecule has 2 nitrogen and oxygen atoms in total. The molecule has 0 aromatic heterocycles. The molecule has 1 N–H and O–H groups in total. The largest absolute Gasteiger partial charge is 0.376 e. The van der Waals surface area contributed by atoms with Gasteiger partial charge in [0.1, 0.15) is 0 Å². The van der Waals surface area contributed by atoms with Crippen molar-refractivity contribution < 1.29 is 4.74 Å². The molecular formula is C16H25NO. The minimum Gasteiger partial charge on any atom is -0.376 e. The van der Waals surface area contributed by atoms with E-state index in [4.69, 9.17) is 4.74 Å². The summed E-state index contributed by atoms with van der Waals surface area (Å²) < 4.78 is 5.68. The zero-order chi connectivity index (χ0) is 12.8. The van der Waals surface area contributed by atoms with Crippen molar-refractivity contribution in [1.29, 1.82) is 0 Å². The van der Waals surface area contributed by atoms with Gasteiger partial charge in [-0.25, -0.2) is 0 Å². The standard InChI is InChI=1S/C16H25NO/c1-13(2)17-10-9-14-3-5-15(6-4-14)11-18-12-16-7-8-16/h3-6,13,16-17H,7-12H2,1-2H3. The van der Waals surface area contributed by atoms with E-state index in [-0.39, 0.29) is 0 Å². The Bertz CT molecular complexity index is 314. The third-order valence-corrected chi connectivity index (χ3v) is 3.31. The van der Waals surface area contributed by atoms with Crippen LogP contribution >= 0.6 is 0 Å². The van der Waals surface area contributed by atoms with Crippen molar-refractivity contribution in [2.45, 2.75) is 45.8 Å². The summed E-state index contributed by atoms with van der Waals surface area (Å²) in [5, 5.41) is 3.44. The number of hydrogen-bond acceptors (Lipinski definition) is 2. The summed E-state index contributed by atoms with van der Waals surface area (Å²) in [5.74, 6) is 0.853. The zero-order valence-corrected chi connectivity index (χ0v) is 11.6. The van der Waals surface area contributed by atoms with E-state index < -0.39 is 0 Å². The van der Waals surface area contributed by atoms with Crippen LogP contribution in [0.3, 0.4) is 0 Å². The van der Waals surface area contributed by atoms with Crippen LogP contribution in [0.15, 0.2) is 24.3 Å². The molecule has 18 heavy (non-hydrogen) atoms. The summed E-state index contributed by atoms with van der Waals surface area (Å²) in [6, 6.07) is 9.39. The van der Waals surface area contributed by atoms with E-state index >= 15 is 0 Å². The summed E-state index contributed by atoms with van der Waals surface area (Å²) in [6.07, 6.45) is 3.82. The molecule has 1 fully saturated rings. The molecule has 0 amide bonds. The molecular weight excluding hydrogens is 222 g/mol. The average Bonchev–Trinajstić information content (AvgIpc) is 3.15. The first kappa shape index (κ1) is 13.6. The molecule has 0 atom stereocenters. The SMILES string of the molecule is CC(C)NCCc1ccc(COCC2CC2)cc1. The Morgan fingerprint density at radius 2 is 1.83 bits per heavy atom. The van der Waals surface area contributed by atoms with E-state index in [1.807, 2.05) is 0 Å². The van der Waals surface area contributed by atoms with Gasteiger partial charge >= 0.3 is 0 Å². The molecule has 1 aliphatic carbocycles. The van der Waals surface area contributed by atoms with Gasteiger partial charge in [0.2, 0.25) is 0 Å². The monoisotopic (exact) mass is 247 g/mol. The molecule has 1 aromatic rings. The summed E-state index contributed by atoms with van der Waals surface area (Å²) >= 11 is 0. The molecule has 2 heteroatoms. The van der Waals surface area contributed by atoms with Crippen LogP contribution in [-0.4, -0.2) is 19.2 Å². The minimum absolute atomic E-state index is 0.570. The normalized spacial score (nSPS) is 15.3. The summed E-state index contributed by atoms with van der Waals surface area (Å²) in [5.41, 5.74) is 2.69. The molecule has 0 spiro atoms. The average molecular weight is 247 g/mol. The Morgan fingerprint density at radius 1 is 1.17 bits per heavy atom. The van der Waals surface area contributed by atoms with Crippen LogP contribution in [0.4, 0.5) is 0 Å². The summed E-state index contributed by atoms with van der Waals surface area (Å²) in [4.78, 5) is 0. The molecule has 0 saturated heterocycles. The molecule has 100 valence electrons. The lowest BCUT2D eigenvalue weighted by Gasteiger charge is -2.08. The fourth-order valence-corrected chi connectivity index (χ4v) is 1.94. The van der Waals surface area contributed by atoms with E-state index in [0.717, 1.165) is 32.1 Å². The number of hydrogen-bond donors (Lipinski definition) is 1. The van der Waals surface area contributed by atoms with Crippen molar-refractivity contribution in [3.63, 3.8) is 0 Å². The van der Waals surface area contributed by atoms with Gasteiger partial charge in [-0.05, 0) is 42.9 Å². The lowest BCUT2D eigenvalue weighted by Crippen LogP contribution is -2.24. The third-order valence-electron chi connectivity index (χ3n) is 3.31. The molecule has 0 unspecified atom stereocenters. The van der Waals surface area contributed by atoms with E-state index in [0.29, 0.717) is 6.04 Å². The molecule has 0 heterocycles. The van der Waals surface area contributed by atoms with Gasteiger partial charge in [0, 0.05) is 12.6 Å². The Hall–Kier alpha value is -0.860. The predicted octanol–water partition coefficient (Wildman–Crippen LogP) is 3.15. The van der Waals surface area contributed by atoms with Crippen LogP contribution in [-0.2, 0) is 17.8 Å². The van der Waals surface area contributed by atoms with E-state index in [9.17, 15) is 0 Å².